The first-order valence-electron chi connectivity index (χ1n) is 5.76. The van der Waals surface area contributed by atoms with E-state index in [-0.39, 0.29) is 0 Å². The van der Waals surface area contributed by atoms with Gasteiger partial charge in [0, 0.05) is 5.92 Å². The molecule has 3 rings (SSSR count). The lowest BCUT2D eigenvalue weighted by Crippen LogP contribution is -2.04. The highest BCUT2D eigenvalue weighted by Gasteiger charge is 2.21. The summed E-state index contributed by atoms with van der Waals surface area (Å²) in [6, 6.07) is 3.57. The fourth-order valence-corrected chi connectivity index (χ4v) is 2.48. The van der Waals surface area contributed by atoms with E-state index in [1.165, 1.54) is 32.1 Å². The Morgan fingerprint density at radius 1 is 1.12 bits per heavy atom. The van der Waals surface area contributed by atoms with Crippen LogP contribution in [0.1, 0.15) is 43.9 Å². The Morgan fingerprint density at radius 2 is 1.94 bits per heavy atom. The van der Waals surface area contributed by atoms with E-state index >= 15 is 0 Å². The maximum atomic E-state index is 5.82. The summed E-state index contributed by atoms with van der Waals surface area (Å²) in [5.41, 5.74) is 1.37. The smallest absolute Gasteiger partial charge is 0.200 e. The Hall–Kier alpha value is -1.09. The molecule has 0 spiro atoms. The lowest BCUT2D eigenvalue weighted by atomic mass is 9.89. The lowest BCUT2D eigenvalue weighted by Gasteiger charge is -2.17. The molecular weight excluding hydrogens is 224 g/mol. The fraction of sp³-hybridized carbons (Fsp3) is 0.500. The van der Waals surface area contributed by atoms with Crippen LogP contribution in [0.5, 0.6) is 0 Å². The first-order valence-corrected chi connectivity index (χ1v) is 6.14. The van der Waals surface area contributed by atoms with Gasteiger partial charge in [0.2, 0.25) is 0 Å². The number of rotatable bonds is 1. The highest BCUT2D eigenvalue weighted by molar-refractivity contribution is 6.29. The molecule has 0 N–H and O–H groups in total. The molecule has 0 saturated heterocycles. The van der Waals surface area contributed by atoms with Gasteiger partial charge < -0.3 is 4.42 Å². The normalized spacial score (nSPS) is 18.1. The maximum Gasteiger partial charge on any atom is 0.200 e. The van der Waals surface area contributed by atoms with Crippen LogP contribution in [-0.4, -0.2) is 9.97 Å². The van der Waals surface area contributed by atoms with Crippen molar-refractivity contribution in [3.05, 3.63) is 23.2 Å². The van der Waals surface area contributed by atoms with Gasteiger partial charge in [-0.25, -0.2) is 4.98 Å². The summed E-state index contributed by atoms with van der Waals surface area (Å²) in [6.45, 7) is 0. The molecule has 1 aliphatic rings. The van der Waals surface area contributed by atoms with Crippen molar-refractivity contribution < 1.29 is 4.42 Å². The van der Waals surface area contributed by atoms with Crippen molar-refractivity contribution in [1.82, 2.24) is 9.97 Å². The third-order valence-corrected chi connectivity index (χ3v) is 3.40. The second-order valence-corrected chi connectivity index (χ2v) is 4.73. The summed E-state index contributed by atoms with van der Waals surface area (Å²) in [4.78, 5) is 8.59. The number of hydrogen-bond donors (Lipinski definition) is 0. The molecule has 0 bridgehead atoms. The Morgan fingerprint density at radius 3 is 2.75 bits per heavy atom. The van der Waals surface area contributed by atoms with Gasteiger partial charge in [0.25, 0.3) is 0 Å². The minimum Gasteiger partial charge on any atom is -0.439 e. The van der Waals surface area contributed by atoms with Gasteiger partial charge in [-0.05, 0) is 25.0 Å². The maximum absolute atomic E-state index is 5.82. The van der Waals surface area contributed by atoms with E-state index in [0.717, 1.165) is 11.5 Å². The summed E-state index contributed by atoms with van der Waals surface area (Å²) in [5.74, 6) is 1.31. The SMILES string of the molecule is Clc1ccc2oc(C3CCCCC3)nc2n1. The van der Waals surface area contributed by atoms with Crippen LogP contribution < -0.4 is 0 Å². The average molecular weight is 237 g/mol. The van der Waals surface area contributed by atoms with E-state index in [0.29, 0.717) is 16.7 Å². The van der Waals surface area contributed by atoms with E-state index in [1.807, 2.05) is 6.07 Å². The Balaban J connectivity index is 1.97. The predicted octanol–water partition coefficient (Wildman–Crippen LogP) is 3.92. The van der Waals surface area contributed by atoms with Crippen molar-refractivity contribution in [3.8, 4) is 0 Å². The quantitative estimate of drug-likeness (QED) is 0.705. The average Bonchev–Trinajstić information content (AvgIpc) is 2.73. The molecule has 1 saturated carbocycles. The van der Waals surface area contributed by atoms with E-state index < -0.39 is 0 Å². The molecule has 0 aliphatic heterocycles. The van der Waals surface area contributed by atoms with Crippen LogP contribution in [0.4, 0.5) is 0 Å². The summed E-state index contributed by atoms with van der Waals surface area (Å²) < 4.78 is 5.73. The Kier molecular flexibility index (Phi) is 2.56. The zero-order chi connectivity index (χ0) is 11.0. The van der Waals surface area contributed by atoms with Crippen LogP contribution in [0.3, 0.4) is 0 Å². The zero-order valence-electron chi connectivity index (χ0n) is 8.95. The van der Waals surface area contributed by atoms with Gasteiger partial charge in [-0.1, -0.05) is 30.9 Å². The van der Waals surface area contributed by atoms with Crippen LogP contribution in [0, 0.1) is 0 Å². The lowest BCUT2D eigenvalue weighted by molar-refractivity contribution is 0.373. The van der Waals surface area contributed by atoms with Crippen molar-refractivity contribution in [1.29, 1.82) is 0 Å². The molecule has 3 nitrogen and oxygen atoms in total. The predicted molar refractivity (Wildman–Crippen MR) is 62.6 cm³/mol. The number of fused-ring (bicyclic) bond motifs is 1. The highest BCUT2D eigenvalue weighted by atomic mass is 35.5. The number of halogens is 1. The summed E-state index contributed by atoms with van der Waals surface area (Å²) >= 11 is 5.82. The monoisotopic (exact) mass is 236 g/mol. The van der Waals surface area contributed by atoms with Gasteiger partial charge in [0.05, 0.1) is 0 Å². The summed E-state index contributed by atoms with van der Waals surface area (Å²) in [6.07, 6.45) is 6.25. The van der Waals surface area contributed by atoms with Crippen molar-refractivity contribution in [3.63, 3.8) is 0 Å². The van der Waals surface area contributed by atoms with Crippen molar-refractivity contribution in [2.75, 3.05) is 0 Å². The van der Waals surface area contributed by atoms with Crippen LogP contribution >= 0.6 is 11.6 Å². The summed E-state index contributed by atoms with van der Waals surface area (Å²) in [7, 11) is 0. The molecule has 0 aromatic carbocycles. The van der Waals surface area contributed by atoms with Crippen LogP contribution in [0.2, 0.25) is 5.15 Å². The van der Waals surface area contributed by atoms with Gasteiger partial charge in [0.1, 0.15) is 5.15 Å². The first kappa shape index (κ1) is 10.1. The highest BCUT2D eigenvalue weighted by Crippen LogP contribution is 2.33. The van der Waals surface area contributed by atoms with E-state index in [9.17, 15) is 0 Å². The third-order valence-electron chi connectivity index (χ3n) is 3.19. The molecule has 1 aliphatic carbocycles. The number of aromatic nitrogens is 2. The van der Waals surface area contributed by atoms with Crippen molar-refractivity contribution >= 4 is 22.8 Å². The molecule has 0 unspecified atom stereocenters. The van der Waals surface area contributed by atoms with Gasteiger partial charge in [-0.15, -0.1) is 0 Å². The number of nitrogens with zero attached hydrogens (tertiary/aromatic N) is 2. The van der Waals surface area contributed by atoms with Crippen molar-refractivity contribution in [2.45, 2.75) is 38.0 Å². The molecule has 2 heterocycles. The third kappa shape index (κ3) is 1.80. The van der Waals surface area contributed by atoms with E-state index in [1.54, 1.807) is 6.07 Å². The van der Waals surface area contributed by atoms with Gasteiger partial charge in [-0.2, -0.15) is 4.98 Å². The zero-order valence-corrected chi connectivity index (χ0v) is 9.70. The van der Waals surface area contributed by atoms with Crippen LogP contribution in [0.15, 0.2) is 16.5 Å². The minimum absolute atomic E-state index is 0.469. The minimum atomic E-state index is 0.469. The molecule has 0 amide bonds. The summed E-state index contributed by atoms with van der Waals surface area (Å²) in [5, 5.41) is 0.469. The number of pyridine rings is 1. The molecule has 2 aromatic heterocycles. The van der Waals surface area contributed by atoms with Gasteiger partial charge in [0.15, 0.2) is 17.1 Å². The first-order chi connectivity index (χ1) is 7.83. The van der Waals surface area contributed by atoms with Gasteiger partial charge in [-0.3, -0.25) is 0 Å². The largest absolute Gasteiger partial charge is 0.439 e. The number of oxazole rings is 1. The molecule has 1 fully saturated rings. The Labute approximate surface area is 98.8 Å². The topological polar surface area (TPSA) is 38.9 Å². The van der Waals surface area contributed by atoms with E-state index in [4.69, 9.17) is 16.0 Å². The second kappa shape index (κ2) is 4.06. The molecule has 4 heteroatoms. The molecule has 0 atom stereocenters. The Bertz CT molecular complexity index is 503. The molecular formula is C12H13ClN2O. The standard InChI is InChI=1S/C12H13ClN2O/c13-10-7-6-9-11(14-10)15-12(16-9)8-4-2-1-3-5-8/h6-8H,1-5H2. The second-order valence-electron chi connectivity index (χ2n) is 4.34. The molecule has 16 heavy (non-hydrogen) atoms. The molecule has 2 aromatic rings. The fourth-order valence-electron chi connectivity index (χ4n) is 2.34. The molecule has 0 radical (unpaired) electrons. The van der Waals surface area contributed by atoms with Crippen molar-refractivity contribution in [2.24, 2.45) is 0 Å². The van der Waals surface area contributed by atoms with Gasteiger partial charge >= 0.3 is 0 Å². The number of hydrogen-bond acceptors (Lipinski definition) is 3. The van der Waals surface area contributed by atoms with Crippen LogP contribution in [-0.2, 0) is 0 Å². The molecule has 84 valence electrons. The van der Waals surface area contributed by atoms with E-state index in [2.05, 4.69) is 9.97 Å². The van der Waals surface area contributed by atoms with Crippen LogP contribution in [0.25, 0.3) is 11.2 Å².